The molecule has 13 heavy (non-hydrogen) atoms. The first-order valence-corrected chi connectivity index (χ1v) is 4.79. The second-order valence-electron chi connectivity index (χ2n) is 3.03. The molecule has 0 aromatic carbocycles. The van der Waals surface area contributed by atoms with E-state index in [0.717, 1.165) is 4.88 Å². The fraction of sp³-hybridized carbons (Fsp3) is 0.500. The lowest BCUT2D eigenvalue weighted by atomic mass is 10.4. The summed E-state index contributed by atoms with van der Waals surface area (Å²) >= 11 is 1.37. The molecule has 0 atom stereocenters. The van der Waals surface area contributed by atoms with Crippen LogP contribution in [0.25, 0.3) is 0 Å². The van der Waals surface area contributed by atoms with Crippen molar-refractivity contribution in [2.75, 3.05) is 5.32 Å². The molecule has 0 bridgehead atoms. The van der Waals surface area contributed by atoms with Crippen LogP contribution in [0.5, 0.6) is 0 Å². The molecular formula is C8H12N2O2S. The zero-order valence-electron chi connectivity index (χ0n) is 7.79. The highest BCUT2D eigenvalue weighted by atomic mass is 32.1. The summed E-state index contributed by atoms with van der Waals surface area (Å²) in [5.74, 6) is -0.967. The molecular weight excluding hydrogens is 188 g/mol. The third kappa shape index (κ3) is 2.42. The second kappa shape index (κ2) is 3.74. The van der Waals surface area contributed by atoms with E-state index in [1.807, 2.05) is 13.8 Å². The van der Waals surface area contributed by atoms with Crippen LogP contribution in [0.4, 0.5) is 5.13 Å². The molecule has 0 aliphatic carbocycles. The molecule has 1 aromatic heterocycles. The highest BCUT2D eigenvalue weighted by Crippen LogP contribution is 2.22. The highest BCUT2D eigenvalue weighted by molar-refractivity contribution is 7.15. The smallest absolute Gasteiger partial charge is 0.355 e. The van der Waals surface area contributed by atoms with Crippen LogP contribution in [0.3, 0.4) is 0 Å². The van der Waals surface area contributed by atoms with E-state index in [0.29, 0.717) is 5.13 Å². The monoisotopic (exact) mass is 200 g/mol. The Morgan fingerprint density at radius 3 is 2.62 bits per heavy atom. The maximum absolute atomic E-state index is 10.6. The third-order valence-corrected chi connectivity index (χ3v) is 2.31. The summed E-state index contributed by atoms with van der Waals surface area (Å²) < 4.78 is 0. The quantitative estimate of drug-likeness (QED) is 0.783. The van der Waals surface area contributed by atoms with Gasteiger partial charge in [-0.2, -0.15) is 0 Å². The molecule has 1 rings (SSSR count). The van der Waals surface area contributed by atoms with Crippen LogP contribution in [-0.2, 0) is 0 Å². The summed E-state index contributed by atoms with van der Waals surface area (Å²) in [4.78, 5) is 15.3. The van der Waals surface area contributed by atoms with E-state index >= 15 is 0 Å². The van der Waals surface area contributed by atoms with E-state index in [-0.39, 0.29) is 11.7 Å². The van der Waals surface area contributed by atoms with Crippen LogP contribution < -0.4 is 5.32 Å². The Bertz CT molecular complexity index is 320. The van der Waals surface area contributed by atoms with Gasteiger partial charge < -0.3 is 10.4 Å². The fourth-order valence-electron chi connectivity index (χ4n) is 0.904. The number of hydrogen-bond donors (Lipinski definition) is 2. The van der Waals surface area contributed by atoms with Gasteiger partial charge in [0.15, 0.2) is 10.8 Å². The second-order valence-corrected chi connectivity index (χ2v) is 4.23. The summed E-state index contributed by atoms with van der Waals surface area (Å²) in [5.41, 5.74) is 0.146. The Balaban J connectivity index is 2.89. The molecule has 5 heteroatoms. The van der Waals surface area contributed by atoms with Gasteiger partial charge in [0.25, 0.3) is 0 Å². The van der Waals surface area contributed by atoms with Crippen LogP contribution in [0.1, 0.15) is 29.2 Å². The van der Waals surface area contributed by atoms with E-state index in [9.17, 15) is 4.79 Å². The summed E-state index contributed by atoms with van der Waals surface area (Å²) in [6, 6.07) is 0.271. The molecule has 4 nitrogen and oxygen atoms in total. The average Bonchev–Trinajstić information content (AvgIpc) is 2.29. The van der Waals surface area contributed by atoms with Crippen molar-refractivity contribution in [3.63, 3.8) is 0 Å². The predicted molar refractivity (Wildman–Crippen MR) is 52.6 cm³/mol. The van der Waals surface area contributed by atoms with Crippen LogP contribution in [0.2, 0.25) is 0 Å². The normalized spacial score (nSPS) is 10.5. The average molecular weight is 200 g/mol. The SMILES string of the molecule is Cc1sc(NC(C)C)nc1C(=O)O. The Hall–Kier alpha value is -1.10. The zero-order chi connectivity index (χ0) is 10.0. The van der Waals surface area contributed by atoms with E-state index in [1.54, 1.807) is 6.92 Å². The van der Waals surface area contributed by atoms with Gasteiger partial charge in [0.2, 0.25) is 0 Å². The minimum absolute atomic E-state index is 0.146. The number of hydrogen-bond acceptors (Lipinski definition) is 4. The number of aryl methyl sites for hydroxylation is 1. The van der Waals surface area contributed by atoms with Gasteiger partial charge in [0, 0.05) is 10.9 Å². The van der Waals surface area contributed by atoms with Crippen molar-refractivity contribution < 1.29 is 9.90 Å². The number of carboxylic acid groups (broad SMARTS) is 1. The highest BCUT2D eigenvalue weighted by Gasteiger charge is 2.13. The maximum Gasteiger partial charge on any atom is 0.355 e. The minimum Gasteiger partial charge on any atom is -0.476 e. The molecule has 1 aromatic rings. The summed E-state index contributed by atoms with van der Waals surface area (Å²) in [6.45, 7) is 5.72. The predicted octanol–water partition coefficient (Wildman–Crippen LogP) is 1.97. The van der Waals surface area contributed by atoms with E-state index in [4.69, 9.17) is 5.11 Å². The van der Waals surface area contributed by atoms with Crippen LogP contribution in [0, 0.1) is 6.92 Å². The van der Waals surface area contributed by atoms with Crippen molar-refractivity contribution in [3.05, 3.63) is 10.6 Å². The molecule has 0 amide bonds. The van der Waals surface area contributed by atoms with E-state index < -0.39 is 5.97 Å². The number of nitrogens with zero attached hydrogens (tertiary/aromatic N) is 1. The first kappa shape index (κ1) is 9.98. The number of anilines is 1. The van der Waals surface area contributed by atoms with Crippen molar-refractivity contribution in [2.24, 2.45) is 0 Å². The Morgan fingerprint density at radius 1 is 1.62 bits per heavy atom. The zero-order valence-corrected chi connectivity index (χ0v) is 8.60. The van der Waals surface area contributed by atoms with Gasteiger partial charge >= 0.3 is 5.97 Å². The standard InChI is InChI=1S/C8H12N2O2S/c1-4(2)9-8-10-6(7(11)12)5(3)13-8/h4H,1-3H3,(H,9,10)(H,11,12). The molecule has 0 aliphatic heterocycles. The number of aromatic nitrogens is 1. The molecule has 2 N–H and O–H groups in total. The van der Waals surface area contributed by atoms with E-state index in [1.165, 1.54) is 11.3 Å². The van der Waals surface area contributed by atoms with Crippen molar-refractivity contribution in [2.45, 2.75) is 26.8 Å². The van der Waals surface area contributed by atoms with Gasteiger partial charge in [-0.15, -0.1) is 11.3 Å². The van der Waals surface area contributed by atoms with Crippen LogP contribution in [0.15, 0.2) is 0 Å². The number of aromatic carboxylic acids is 1. The summed E-state index contributed by atoms with van der Waals surface area (Å²) in [7, 11) is 0. The largest absolute Gasteiger partial charge is 0.476 e. The number of carbonyl (C=O) groups is 1. The van der Waals surface area contributed by atoms with Gasteiger partial charge in [-0.25, -0.2) is 9.78 Å². The van der Waals surface area contributed by atoms with Crippen LogP contribution in [-0.4, -0.2) is 22.1 Å². The molecule has 0 aliphatic rings. The number of thiazole rings is 1. The molecule has 72 valence electrons. The summed E-state index contributed by atoms with van der Waals surface area (Å²) in [5, 5.41) is 12.5. The van der Waals surface area contributed by atoms with Gasteiger partial charge in [-0.3, -0.25) is 0 Å². The van der Waals surface area contributed by atoms with Gasteiger partial charge in [-0.1, -0.05) is 0 Å². The first-order chi connectivity index (χ1) is 6.00. The lowest BCUT2D eigenvalue weighted by Crippen LogP contribution is -2.09. The van der Waals surface area contributed by atoms with Crippen molar-refractivity contribution >= 4 is 22.4 Å². The summed E-state index contributed by atoms with van der Waals surface area (Å²) in [6.07, 6.45) is 0. The van der Waals surface area contributed by atoms with E-state index in [2.05, 4.69) is 10.3 Å². The number of carboxylic acids is 1. The third-order valence-electron chi connectivity index (χ3n) is 1.41. The Kier molecular flexibility index (Phi) is 2.87. The van der Waals surface area contributed by atoms with Gasteiger partial charge in [0.1, 0.15) is 0 Å². The molecule has 0 saturated heterocycles. The molecule has 0 saturated carbocycles. The molecule has 0 radical (unpaired) electrons. The van der Waals surface area contributed by atoms with Crippen molar-refractivity contribution in [1.82, 2.24) is 4.98 Å². The topological polar surface area (TPSA) is 62.2 Å². The molecule has 1 heterocycles. The Labute approximate surface area is 80.6 Å². The fourth-order valence-corrected chi connectivity index (χ4v) is 1.85. The lowest BCUT2D eigenvalue weighted by Gasteiger charge is -2.03. The van der Waals surface area contributed by atoms with Crippen LogP contribution >= 0.6 is 11.3 Å². The first-order valence-electron chi connectivity index (χ1n) is 3.98. The maximum atomic E-state index is 10.6. The Morgan fingerprint density at radius 2 is 2.23 bits per heavy atom. The molecule has 0 unspecified atom stereocenters. The number of nitrogens with one attached hydrogen (secondary N) is 1. The minimum atomic E-state index is -0.967. The number of rotatable bonds is 3. The molecule has 0 spiro atoms. The van der Waals surface area contributed by atoms with Crippen molar-refractivity contribution in [1.29, 1.82) is 0 Å². The van der Waals surface area contributed by atoms with Gasteiger partial charge in [-0.05, 0) is 20.8 Å². The van der Waals surface area contributed by atoms with Crippen molar-refractivity contribution in [3.8, 4) is 0 Å². The lowest BCUT2D eigenvalue weighted by molar-refractivity contribution is 0.0690. The molecule has 0 fully saturated rings. The van der Waals surface area contributed by atoms with Gasteiger partial charge in [0.05, 0.1) is 0 Å².